The van der Waals surface area contributed by atoms with Gasteiger partial charge in [-0.15, -0.1) is 0 Å². The second-order valence-electron chi connectivity index (χ2n) is 14.0. The minimum atomic E-state index is 0.868. The third-order valence-corrected chi connectivity index (χ3v) is 11.2. The molecule has 0 saturated heterocycles. The van der Waals surface area contributed by atoms with Crippen molar-refractivity contribution in [3.8, 4) is 22.5 Å². The van der Waals surface area contributed by atoms with Gasteiger partial charge in [-0.25, -0.2) is 0 Å². The third kappa shape index (κ3) is 3.81. The average molecular weight is 667 g/mol. The van der Waals surface area contributed by atoms with Crippen LogP contribution in [0.5, 0.6) is 0 Å². The van der Waals surface area contributed by atoms with Crippen LogP contribution < -0.4 is 0 Å². The number of para-hydroxylation sites is 3. The molecule has 0 atom stereocenters. The summed E-state index contributed by atoms with van der Waals surface area (Å²) in [7, 11) is 0. The van der Waals surface area contributed by atoms with Crippen molar-refractivity contribution >= 4 is 82.6 Å². The van der Waals surface area contributed by atoms with Gasteiger partial charge in [0.1, 0.15) is 22.5 Å². The van der Waals surface area contributed by atoms with Crippen molar-refractivity contribution < 1.29 is 8.83 Å². The van der Waals surface area contributed by atoms with Crippen LogP contribution in [0.25, 0.3) is 105 Å². The third-order valence-electron chi connectivity index (χ3n) is 11.2. The molecule has 0 aliphatic heterocycles. The first-order valence-electron chi connectivity index (χ1n) is 18.0. The predicted octanol–water partition coefficient (Wildman–Crippen LogP) is 13.2. The summed E-state index contributed by atoms with van der Waals surface area (Å²) in [6.07, 6.45) is 6.42. The minimum absolute atomic E-state index is 0.868. The number of aromatic nitrogens is 2. The molecule has 0 fully saturated rings. The summed E-state index contributed by atoms with van der Waals surface area (Å²) in [6.45, 7) is 0. The molecule has 4 aromatic heterocycles. The van der Waals surface area contributed by atoms with E-state index in [1.165, 1.54) is 49.0 Å². The molecule has 52 heavy (non-hydrogen) atoms. The molecule has 0 unspecified atom stereocenters. The number of rotatable bonds is 3. The Bertz CT molecular complexity index is 3290. The molecule has 0 radical (unpaired) electrons. The molecule has 0 amide bonds. The van der Waals surface area contributed by atoms with Gasteiger partial charge >= 0.3 is 0 Å². The first kappa shape index (κ1) is 28.0. The SMILES string of the molecule is C1=Cc2c(oc3cc(-c4ccc5c(c4)oc4cc(-n6c7ccccc7c7ccc8c9ccccc9n(-c9ccccc9)c8c76)ccc45)ccc23)CC1. The fraction of sp³-hybridized carbons (Fsp3) is 0.0417. The van der Waals surface area contributed by atoms with Gasteiger partial charge in [0.2, 0.25) is 0 Å². The maximum atomic E-state index is 6.71. The Hall–Kier alpha value is -6.78. The number of allylic oxidation sites excluding steroid dienone is 1. The highest BCUT2D eigenvalue weighted by Crippen LogP contribution is 2.43. The van der Waals surface area contributed by atoms with E-state index >= 15 is 0 Å². The average Bonchev–Trinajstić information content (AvgIpc) is 3.94. The molecule has 0 saturated carbocycles. The number of hydrogen-bond acceptors (Lipinski definition) is 2. The second kappa shape index (κ2) is 10.4. The largest absolute Gasteiger partial charge is 0.460 e. The van der Waals surface area contributed by atoms with E-state index in [0.717, 1.165) is 74.1 Å². The van der Waals surface area contributed by atoms with Crippen LogP contribution >= 0.6 is 0 Å². The number of benzene rings is 7. The van der Waals surface area contributed by atoms with Gasteiger partial charge in [0.15, 0.2) is 0 Å². The lowest BCUT2D eigenvalue weighted by Crippen LogP contribution is -1.98. The van der Waals surface area contributed by atoms with Gasteiger partial charge in [-0.1, -0.05) is 91.0 Å². The van der Waals surface area contributed by atoms with Crippen LogP contribution in [0, 0.1) is 0 Å². The van der Waals surface area contributed by atoms with Gasteiger partial charge in [0.05, 0.1) is 27.8 Å². The zero-order chi connectivity index (χ0) is 33.9. The first-order valence-corrected chi connectivity index (χ1v) is 18.0. The molecular formula is C48H30N2O2. The molecule has 0 spiro atoms. The summed E-state index contributed by atoms with van der Waals surface area (Å²) in [5, 5.41) is 8.32. The van der Waals surface area contributed by atoms with E-state index < -0.39 is 0 Å². The summed E-state index contributed by atoms with van der Waals surface area (Å²) in [5.41, 5.74) is 13.1. The minimum Gasteiger partial charge on any atom is -0.460 e. The highest BCUT2D eigenvalue weighted by atomic mass is 16.3. The van der Waals surface area contributed by atoms with Crippen molar-refractivity contribution in [3.05, 3.63) is 163 Å². The number of nitrogens with zero attached hydrogens (tertiary/aromatic N) is 2. The molecule has 11 aromatic rings. The van der Waals surface area contributed by atoms with Gasteiger partial charge in [-0.3, -0.25) is 0 Å². The molecule has 4 heteroatoms. The van der Waals surface area contributed by atoms with Crippen LogP contribution in [0.2, 0.25) is 0 Å². The van der Waals surface area contributed by atoms with Crippen LogP contribution in [0.3, 0.4) is 0 Å². The Morgan fingerprint density at radius 3 is 1.69 bits per heavy atom. The van der Waals surface area contributed by atoms with Crippen LogP contribution in [-0.4, -0.2) is 9.13 Å². The summed E-state index contributed by atoms with van der Waals surface area (Å²) < 4.78 is 17.9. The highest BCUT2D eigenvalue weighted by Gasteiger charge is 2.22. The normalized spacial score (nSPS) is 13.2. The number of hydrogen-bond donors (Lipinski definition) is 0. The molecule has 7 aromatic carbocycles. The van der Waals surface area contributed by atoms with E-state index in [0.29, 0.717) is 0 Å². The summed E-state index contributed by atoms with van der Waals surface area (Å²) in [5.74, 6) is 1.09. The van der Waals surface area contributed by atoms with Crippen molar-refractivity contribution in [2.75, 3.05) is 0 Å². The van der Waals surface area contributed by atoms with Gasteiger partial charge in [0.25, 0.3) is 0 Å². The molecule has 1 aliphatic carbocycles. The number of aryl methyl sites for hydroxylation is 1. The smallest absolute Gasteiger partial charge is 0.137 e. The van der Waals surface area contributed by atoms with Crippen molar-refractivity contribution in [1.29, 1.82) is 0 Å². The fourth-order valence-electron chi connectivity index (χ4n) is 8.83. The molecule has 244 valence electrons. The lowest BCUT2D eigenvalue weighted by molar-refractivity contribution is 0.546. The van der Waals surface area contributed by atoms with Crippen LogP contribution in [0.1, 0.15) is 17.7 Å². The molecule has 1 aliphatic rings. The van der Waals surface area contributed by atoms with Crippen molar-refractivity contribution in [1.82, 2.24) is 9.13 Å². The maximum Gasteiger partial charge on any atom is 0.137 e. The first-order chi connectivity index (χ1) is 25.8. The van der Waals surface area contributed by atoms with Crippen molar-refractivity contribution in [2.45, 2.75) is 12.8 Å². The molecule has 4 heterocycles. The van der Waals surface area contributed by atoms with E-state index in [1.54, 1.807) is 0 Å². The predicted molar refractivity (Wildman–Crippen MR) is 215 cm³/mol. The summed E-state index contributed by atoms with van der Waals surface area (Å²) >= 11 is 0. The van der Waals surface area contributed by atoms with Crippen molar-refractivity contribution in [2.24, 2.45) is 0 Å². The van der Waals surface area contributed by atoms with Gasteiger partial charge in [-0.2, -0.15) is 0 Å². The Morgan fingerprint density at radius 1 is 0.423 bits per heavy atom. The summed E-state index contributed by atoms with van der Waals surface area (Å²) in [6, 6.07) is 52.6. The van der Waals surface area contributed by atoms with Crippen molar-refractivity contribution in [3.63, 3.8) is 0 Å². The van der Waals surface area contributed by atoms with Gasteiger partial charge in [0, 0.05) is 61.4 Å². The van der Waals surface area contributed by atoms with E-state index in [1.807, 2.05) is 0 Å². The van der Waals surface area contributed by atoms with Gasteiger partial charge in [-0.05, 0) is 78.2 Å². The van der Waals surface area contributed by atoms with Crippen LogP contribution in [-0.2, 0) is 6.42 Å². The lowest BCUT2D eigenvalue weighted by atomic mass is 9.99. The maximum absolute atomic E-state index is 6.71. The van der Waals surface area contributed by atoms with E-state index in [2.05, 4.69) is 167 Å². The zero-order valence-electron chi connectivity index (χ0n) is 28.1. The van der Waals surface area contributed by atoms with E-state index in [4.69, 9.17) is 8.83 Å². The Balaban J connectivity index is 1.08. The molecule has 12 rings (SSSR count). The zero-order valence-corrected chi connectivity index (χ0v) is 28.1. The summed E-state index contributed by atoms with van der Waals surface area (Å²) in [4.78, 5) is 0. The molecule has 0 bridgehead atoms. The monoisotopic (exact) mass is 666 g/mol. The lowest BCUT2D eigenvalue weighted by Gasteiger charge is -2.12. The van der Waals surface area contributed by atoms with Gasteiger partial charge < -0.3 is 18.0 Å². The van der Waals surface area contributed by atoms with E-state index in [-0.39, 0.29) is 0 Å². The molecule has 4 nitrogen and oxygen atoms in total. The number of furan rings is 2. The second-order valence-corrected chi connectivity index (χ2v) is 14.0. The van der Waals surface area contributed by atoms with Crippen LogP contribution in [0.15, 0.2) is 161 Å². The molecular weight excluding hydrogens is 637 g/mol. The molecule has 0 N–H and O–H groups in total. The Kier molecular flexibility index (Phi) is 5.58. The Morgan fingerprint density at radius 2 is 0.981 bits per heavy atom. The number of fused-ring (bicyclic) bond motifs is 13. The van der Waals surface area contributed by atoms with Crippen LogP contribution in [0.4, 0.5) is 0 Å². The quantitative estimate of drug-likeness (QED) is 0.188. The highest BCUT2D eigenvalue weighted by molar-refractivity contribution is 6.24. The standard InChI is InChI=1S/C48H30N2O2/c1-2-10-31(11-3-1)49-41-15-7-4-12-33(41)39-24-25-40-34-13-5-8-16-42(34)50(48(40)47(39)49)32-20-23-38-37-22-19-30(27-45(37)52-46(38)28-32)29-18-21-36-35-14-6-9-17-43(35)51-44(36)26-29/h1-8,10-16,18-28H,9,17H2. The topological polar surface area (TPSA) is 36.1 Å². The van der Waals surface area contributed by atoms with E-state index in [9.17, 15) is 0 Å². The Labute approximate surface area is 298 Å². The fourth-order valence-corrected chi connectivity index (χ4v) is 8.83.